The summed E-state index contributed by atoms with van der Waals surface area (Å²) in [5, 5.41) is 12.4. The number of nitrogens with one attached hydrogen (secondary N) is 1. The lowest BCUT2D eigenvalue weighted by molar-refractivity contribution is -0.123. The molecule has 2 unspecified atom stereocenters. The van der Waals surface area contributed by atoms with E-state index >= 15 is 0 Å². The third kappa shape index (κ3) is 5.91. The second kappa shape index (κ2) is 7.85. The van der Waals surface area contributed by atoms with E-state index in [2.05, 4.69) is 19.2 Å². The molecule has 0 heterocycles. The van der Waals surface area contributed by atoms with Crippen molar-refractivity contribution in [3.63, 3.8) is 0 Å². The van der Waals surface area contributed by atoms with Gasteiger partial charge in [-0.3, -0.25) is 4.79 Å². The number of hydrogen-bond donors (Lipinski definition) is 3. The minimum absolute atomic E-state index is 0.121. The zero-order chi connectivity index (χ0) is 14.3. The first-order valence-corrected chi connectivity index (χ1v) is 7.59. The van der Waals surface area contributed by atoms with Gasteiger partial charge in [-0.2, -0.15) is 0 Å². The van der Waals surface area contributed by atoms with Crippen LogP contribution in [-0.4, -0.2) is 30.2 Å². The summed E-state index contributed by atoms with van der Waals surface area (Å²) in [7, 11) is 0. The maximum atomic E-state index is 12.0. The summed E-state index contributed by atoms with van der Waals surface area (Å²) in [5.74, 6) is 0.366. The number of nitrogens with two attached hydrogens (primary N) is 1. The predicted octanol–water partition coefficient (Wildman–Crippen LogP) is 1.81. The number of rotatable bonds is 7. The third-order valence-electron chi connectivity index (χ3n) is 4.34. The summed E-state index contributed by atoms with van der Waals surface area (Å²) in [6.45, 7) is 5.17. The Morgan fingerprint density at radius 2 is 2.00 bits per heavy atom. The summed E-state index contributed by atoms with van der Waals surface area (Å²) < 4.78 is 0. The second-order valence-corrected chi connectivity index (χ2v) is 6.60. The number of aliphatic hydroxyl groups excluding tert-OH is 1. The monoisotopic (exact) mass is 270 g/mol. The van der Waals surface area contributed by atoms with E-state index in [0.29, 0.717) is 13.0 Å². The van der Waals surface area contributed by atoms with Gasteiger partial charge in [0, 0.05) is 25.0 Å². The molecule has 0 radical (unpaired) electrons. The molecule has 1 aliphatic carbocycles. The van der Waals surface area contributed by atoms with E-state index < -0.39 is 0 Å². The average molecular weight is 270 g/mol. The van der Waals surface area contributed by atoms with E-state index in [1.807, 2.05) is 0 Å². The predicted molar refractivity (Wildman–Crippen MR) is 77.7 cm³/mol. The van der Waals surface area contributed by atoms with E-state index in [9.17, 15) is 9.90 Å². The Morgan fingerprint density at radius 1 is 1.32 bits per heavy atom. The lowest BCUT2D eigenvalue weighted by Gasteiger charge is -2.31. The molecule has 4 nitrogen and oxygen atoms in total. The quantitative estimate of drug-likeness (QED) is 0.660. The standard InChI is InChI=1S/C15H30N2O2/c1-15(2,9-10-16)8-7-14(19)17-13-6-4-3-5-12(13)11-18/h12-13,18H,3-11,16H2,1-2H3,(H,17,19). The van der Waals surface area contributed by atoms with Crippen molar-refractivity contribution in [1.29, 1.82) is 0 Å². The highest BCUT2D eigenvalue weighted by atomic mass is 16.3. The smallest absolute Gasteiger partial charge is 0.220 e. The molecule has 1 amide bonds. The Labute approximate surface area is 117 Å². The summed E-state index contributed by atoms with van der Waals surface area (Å²) in [6.07, 6.45) is 6.72. The molecule has 1 aliphatic rings. The van der Waals surface area contributed by atoms with Crippen LogP contribution in [0.3, 0.4) is 0 Å². The fourth-order valence-corrected chi connectivity index (χ4v) is 2.86. The van der Waals surface area contributed by atoms with Crippen LogP contribution in [0.2, 0.25) is 0 Å². The zero-order valence-electron chi connectivity index (χ0n) is 12.5. The Balaban J connectivity index is 2.33. The number of hydrogen-bond acceptors (Lipinski definition) is 3. The number of aliphatic hydroxyl groups is 1. The summed E-state index contributed by atoms with van der Waals surface area (Å²) in [5.41, 5.74) is 5.71. The molecule has 19 heavy (non-hydrogen) atoms. The van der Waals surface area contributed by atoms with Crippen LogP contribution in [0.4, 0.5) is 0 Å². The lowest BCUT2D eigenvalue weighted by atomic mass is 9.83. The Kier molecular flexibility index (Phi) is 6.80. The molecule has 1 rings (SSSR count). The normalized spacial score (nSPS) is 24.2. The van der Waals surface area contributed by atoms with E-state index in [1.165, 1.54) is 6.42 Å². The van der Waals surface area contributed by atoms with Crippen molar-refractivity contribution in [3.8, 4) is 0 Å². The zero-order valence-corrected chi connectivity index (χ0v) is 12.5. The molecule has 4 N–H and O–H groups in total. The highest BCUT2D eigenvalue weighted by Gasteiger charge is 2.26. The molecule has 0 aromatic rings. The van der Waals surface area contributed by atoms with E-state index in [1.54, 1.807) is 0 Å². The van der Waals surface area contributed by atoms with E-state index in [4.69, 9.17) is 5.73 Å². The first-order chi connectivity index (χ1) is 8.98. The highest BCUT2D eigenvalue weighted by molar-refractivity contribution is 5.76. The van der Waals surface area contributed by atoms with Gasteiger partial charge < -0.3 is 16.2 Å². The SMILES string of the molecule is CC(C)(CCN)CCC(=O)NC1CCCCC1CO. The molecule has 0 aromatic heterocycles. The van der Waals surface area contributed by atoms with Gasteiger partial charge in [-0.25, -0.2) is 0 Å². The largest absolute Gasteiger partial charge is 0.396 e. The maximum absolute atomic E-state index is 12.0. The van der Waals surface area contributed by atoms with Gasteiger partial charge in [-0.05, 0) is 37.6 Å². The molecular weight excluding hydrogens is 240 g/mol. The molecule has 1 fully saturated rings. The van der Waals surface area contributed by atoms with Crippen molar-refractivity contribution in [3.05, 3.63) is 0 Å². The van der Waals surface area contributed by atoms with Crippen molar-refractivity contribution >= 4 is 5.91 Å². The third-order valence-corrected chi connectivity index (χ3v) is 4.34. The molecule has 4 heteroatoms. The first-order valence-electron chi connectivity index (χ1n) is 7.59. The van der Waals surface area contributed by atoms with Crippen LogP contribution in [0.25, 0.3) is 0 Å². The van der Waals surface area contributed by atoms with Gasteiger partial charge in [0.25, 0.3) is 0 Å². The van der Waals surface area contributed by atoms with Gasteiger partial charge in [0.05, 0.1) is 0 Å². The molecule has 0 aliphatic heterocycles. The summed E-state index contributed by atoms with van der Waals surface area (Å²) in [4.78, 5) is 12.0. The van der Waals surface area contributed by atoms with Crippen LogP contribution in [0.15, 0.2) is 0 Å². The Bertz CT molecular complexity index is 279. The minimum atomic E-state index is 0.121. The fourth-order valence-electron chi connectivity index (χ4n) is 2.86. The topological polar surface area (TPSA) is 75.4 Å². The van der Waals surface area contributed by atoms with Crippen molar-refractivity contribution in [2.75, 3.05) is 13.2 Å². The molecule has 0 spiro atoms. The summed E-state index contributed by atoms with van der Waals surface area (Å²) in [6, 6.07) is 0.170. The van der Waals surface area contributed by atoms with E-state index in [0.717, 1.165) is 32.1 Å². The molecule has 0 bridgehead atoms. The van der Waals surface area contributed by atoms with Crippen LogP contribution in [0, 0.1) is 11.3 Å². The van der Waals surface area contributed by atoms with Crippen molar-refractivity contribution in [1.82, 2.24) is 5.32 Å². The van der Waals surface area contributed by atoms with Gasteiger partial charge in [0.15, 0.2) is 0 Å². The van der Waals surface area contributed by atoms with Gasteiger partial charge in [-0.15, -0.1) is 0 Å². The number of carbonyl (C=O) groups excluding carboxylic acids is 1. The average Bonchev–Trinajstić information content (AvgIpc) is 2.37. The molecule has 0 saturated heterocycles. The maximum Gasteiger partial charge on any atom is 0.220 e. The van der Waals surface area contributed by atoms with Crippen molar-refractivity contribution in [2.45, 2.75) is 64.8 Å². The fraction of sp³-hybridized carbons (Fsp3) is 0.933. The van der Waals surface area contributed by atoms with Crippen LogP contribution in [-0.2, 0) is 4.79 Å². The first kappa shape index (κ1) is 16.4. The number of carbonyl (C=O) groups is 1. The molecule has 0 aromatic carbocycles. The molecule has 112 valence electrons. The van der Waals surface area contributed by atoms with Crippen LogP contribution in [0.1, 0.15) is 58.8 Å². The van der Waals surface area contributed by atoms with Gasteiger partial charge >= 0.3 is 0 Å². The van der Waals surface area contributed by atoms with Gasteiger partial charge in [-0.1, -0.05) is 26.7 Å². The molecular formula is C15H30N2O2. The molecule has 1 saturated carbocycles. The van der Waals surface area contributed by atoms with Crippen LogP contribution in [0.5, 0.6) is 0 Å². The minimum Gasteiger partial charge on any atom is -0.396 e. The highest BCUT2D eigenvalue weighted by Crippen LogP contribution is 2.27. The van der Waals surface area contributed by atoms with Crippen molar-refractivity contribution < 1.29 is 9.90 Å². The van der Waals surface area contributed by atoms with Gasteiger partial charge in [0.1, 0.15) is 0 Å². The Hall–Kier alpha value is -0.610. The van der Waals surface area contributed by atoms with Crippen LogP contribution < -0.4 is 11.1 Å². The molecule has 2 atom stereocenters. The lowest BCUT2D eigenvalue weighted by Crippen LogP contribution is -2.43. The van der Waals surface area contributed by atoms with Gasteiger partial charge in [0.2, 0.25) is 5.91 Å². The van der Waals surface area contributed by atoms with E-state index in [-0.39, 0.29) is 29.9 Å². The number of amides is 1. The Morgan fingerprint density at radius 3 is 2.63 bits per heavy atom. The second-order valence-electron chi connectivity index (χ2n) is 6.60. The van der Waals surface area contributed by atoms with Crippen LogP contribution >= 0.6 is 0 Å². The van der Waals surface area contributed by atoms with Crippen molar-refractivity contribution in [2.24, 2.45) is 17.1 Å². The summed E-state index contributed by atoms with van der Waals surface area (Å²) >= 11 is 0.